The monoisotopic (exact) mass is 255 g/mol. The molecule has 1 aromatic heterocycles. The standard InChI is InChI=1S/C13H22ClN3/c1-5-10-6-7-11(9(10)4)17-12(8(2)3)15-16-13(17)14/h8-11H,5-7H2,1-4H3. The van der Waals surface area contributed by atoms with E-state index in [2.05, 4.69) is 42.5 Å². The lowest BCUT2D eigenvalue weighted by Crippen LogP contribution is -2.18. The van der Waals surface area contributed by atoms with Crippen LogP contribution in [0.25, 0.3) is 0 Å². The summed E-state index contributed by atoms with van der Waals surface area (Å²) in [5, 5.41) is 8.83. The summed E-state index contributed by atoms with van der Waals surface area (Å²) in [6, 6.07) is 0.486. The van der Waals surface area contributed by atoms with Gasteiger partial charge in [-0.1, -0.05) is 34.1 Å². The molecule has 3 atom stereocenters. The van der Waals surface area contributed by atoms with Crippen molar-refractivity contribution in [2.45, 2.75) is 58.9 Å². The summed E-state index contributed by atoms with van der Waals surface area (Å²) in [6.07, 6.45) is 3.76. The molecule has 4 heteroatoms. The van der Waals surface area contributed by atoms with Crippen LogP contribution in [0.1, 0.15) is 64.7 Å². The van der Waals surface area contributed by atoms with Gasteiger partial charge in [-0.15, -0.1) is 10.2 Å². The fourth-order valence-electron chi connectivity index (χ4n) is 3.15. The predicted octanol–water partition coefficient (Wildman–Crippen LogP) is 4.05. The van der Waals surface area contributed by atoms with Crippen LogP contribution >= 0.6 is 11.6 Å². The lowest BCUT2D eigenvalue weighted by molar-refractivity contribution is 0.322. The number of rotatable bonds is 3. The third kappa shape index (κ3) is 2.22. The molecule has 0 saturated heterocycles. The molecule has 1 aromatic rings. The van der Waals surface area contributed by atoms with E-state index in [1.54, 1.807) is 0 Å². The zero-order valence-electron chi connectivity index (χ0n) is 11.2. The van der Waals surface area contributed by atoms with E-state index in [0.29, 0.717) is 23.2 Å². The number of nitrogens with zero attached hydrogens (tertiary/aromatic N) is 3. The maximum atomic E-state index is 6.21. The Labute approximate surface area is 109 Å². The van der Waals surface area contributed by atoms with Crippen molar-refractivity contribution < 1.29 is 0 Å². The van der Waals surface area contributed by atoms with Gasteiger partial charge in [0.25, 0.3) is 0 Å². The zero-order valence-corrected chi connectivity index (χ0v) is 11.9. The molecule has 1 saturated carbocycles. The Bertz CT molecular complexity index is 386. The smallest absolute Gasteiger partial charge is 0.225 e. The predicted molar refractivity (Wildman–Crippen MR) is 70.3 cm³/mol. The molecule has 1 heterocycles. The van der Waals surface area contributed by atoms with Crippen LogP contribution in [0.5, 0.6) is 0 Å². The second kappa shape index (κ2) is 4.97. The van der Waals surface area contributed by atoms with Gasteiger partial charge in [-0.25, -0.2) is 0 Å². The van der Waals surface area contributed by atoms with Gasteiger partial charge < -0.3 is 0 Å². The van der Waals surface area contributed by atoms with Crippen LogP contribution < -0.4 is 0 Å². The number of halogens is 1. The van der Waals surface area contributed by atoms with E-state index in [0.717, 1.165) is 11.7 Å². The van der Waals surface area contributed by atoms with Gasteiger partial charge in [0.05, 0.1) is 0 Å². The van der Waals surface area contributed by atoms with Gasteiger partial charge in [-0.3, -0.25) is 4.57 Å². The van der Waals surface area contributed by atoms with Crippen LogP contribution in [0.2, 0.25) is 5.28 Å². The third-order valence-corrected chi connectivity index (χ3v) is 4.49. The lowest BCUT2D eigenvalue weighted by atomic mass is 9.93. The topological polar surface area (TPSA) is 30.7 Å². The van der Waals surface area contributed by atoms with Crippen LogP contribution in [-0.2, 0) is 0 Å². The van der Waals surface area contributed by atoms with Gasteiger partial charge in [-0.05, 0) is 36.3 Å². The van der Waals surface area contributed by atoms with E-state index in [1.807, 2.05) is 0 Å². The Morgan fingerprint density at radius 1 is 1.35 bits per heavy atom. The first-order chi connectivity index (χ1) is 8.06. The quantitative estimate of drug-likeness (QED) is 0.816. The first-order valence-electron chi connectivity index (χ1n) is 6.66. The molecule has 96 valence electrons. The van der Waals surface area contributed by atoms with Gasteiger partial charge in [0.1, 0.15) is 5.82 Å². The molecule has 0 spiro atoms. The Hall–Kier alpha value is -0.570. The average Bonchev–Trinajstić information content (AvgIpc) is 2.82. The summed E-state index contributed by atoms with van der Waals surface area (Å²) < 4.78 is 2.17. The summed E-state index contributed by atoms with van der Waals surface area (Å²) in [5.74, 6) is 2.90. The molecule has 1 aliphatic rings. The Kier molecular flexibility index (Phi) is 3.76. The van der Waals surface area contributed by atoms with Crippen LogP contribution in [-0.4, -0.2) is 14.8 Å². The van der Waals surface area contributed by atoms with E-state index in [-0.39, 0.29) is 0 Å². The summed E-state index contributed by atoms with van der Waals surface area (Å²) in [7, 11) is 0. The fraction of sp³-hybridized carbons (Fsp3) is 0.846. The highest BCUT2D eigenvalue weighted by atomic mass is 35.5. The van der Waals surface area contributed by atoms with E-state index < -0.39 is 0 Å². The van der Waals surface area contributed by atoms with E-state index in [9.17, 15) is 0 Å². The Morgan fingerprint density at radius 3 is 2.59 bits per heavy atom. The molecule has 0 N–H and O–H groups in total. The summed E-state index contributed by atoms with van der Waals surface area (Å²) in [6.45, 7) is 8.91. The molecule has 0 amide bonds. The second-order valence-corrected chi connectivity index (χ2v) is 5.86. The van der Waals surface area contributed by atoms with Gasteiger partial charge in [-0.2, -0.15) is 0 Å². The third-order valence-electron chi connectivity index (χ3n) is 4.24. The van der Waals surface area contributed by atoms with Crippen molar-refractivity contribution in [3.05, 3.63) is 11.1 Å². The van der Waals surface area contributed by atoms with Crippen LogP contribution in [0.3, 0.4) is 0 Å². The van der Waals surface area contributed by atoms with Crippen molar-refractivity contribution in [2.24, 2.45) is 11.8 Å². The van der Waals surface area contributed by atoms with E-state index in [4.69, 9.17) is 11.6 Å². The molecule has 2 rings (SSSR count). The fourth-order valence-corrected chi connectivity index (χ4v) is 3.40. The maximum Gasteiger partial charge on any atom is 0.225 e. The second-order valence-electron chi connectivity index (χ2n) is 5.52. The van der Waals surface area contributed by atoms with Crippen molar-refractivity contribution in [3.8, 4) is 0 Å². The molecule has 0 bridgehead atoms. The summed E-state index contributed by atoms with van der Waals surface area (Å²) >= 11 is 6.21. The van der Waals surface area contributed by atoms with Gasteiger partial charge in [0, 0.05) is 12.0 Å². The highest BCUT2D eigenvalue weighted by Crippen LogP contribution is 2.43. The van der Waals surface area contributed by atoms with Gasteiger partial charge in [0.2, 0.25) is 5.28 Å². The zero-order chi connectivity index (χ0) is 12.6. The Balaban J connectivity index is 2.31. The molecule has 3 unspecified atom stereocenters. The minimum atomic E-state index is 0.378. The minimum absolute atomic E-state index is 0.378. The first kappa shape index (κ1) is 12.9. The van der Waals surface area contributed by atoms with Gasteiger partial charge in [0.15, 0.2) is 0 Å². The molecular weight excluding hydrogens is 234 g/mol. The van der Waals surface area contributed by atoms with Crippen molar-refractivity contribution >= 4 is 11.6 Å². The number of hydrogen-bond acceptors (Lipinski definition) is 2. The Morgan fingerprint density at radius 2 is 2.06 bits per heavy atom. The van der Waals surface area contributed by atoms with Crippen molar-refractivity contribution in [2.75, 3.05) is 0 Å². The van der Waals surface area contributed by atoms with Crippen LogP contribution in [0.4, 0.5) is 0 Å². The van der Waals surface area contributed by atoms with Crippen molar-refractivity contribution in [1.29, 1.82) is 0 Å². The van der Waals surface area contributed by atoms with Crippen molar-refractivity contribution in [1.82, 2.24) is 14.8 Å². The summed E-state index contributed by atoms with van der Waals surface area (Å²) in [5.41, 5.74) is 0. The molecular formula is C13H22ClN3. The van der Waals surface area contributed by atoms with E-state index >= 15 is 0 Å². The molecule has 1 aliphatic carbocycles. The SMILES string of the molecule is CCC1CCC(n2c(Cl)nnc2C(C)C)C1C. The van der Waals surface area contributed by atoms with Crippen molar-refractivity contribution in [3.63, 3.8) is 0 Å². The van der Waals surface area contributed by atoms with Crippen LogP contribution in [0, 0.1) is 11.8 Å². The lowest BCUT2D eigenvalue weighted by Gasteiger charge is -2.23. The molecule has 0 radical (unpaired) electrons. The molecule has 0 aliphatic heterocycles. The van der Waals surface area contributed by atoms with E-state index in [1.165, 1.54) is 19.3 Å². The normalized spacial score (nSPS) is 29.2. The first-order valence-corrected chi connectivity index (χ1v) is 7.04. The largest absolute Gasteiger partial charge is 0.298 e. The summed E-state index contributed by atoms with van der Waals surface area (Å²) in [4.78, 5) is 0. The molecule has 1 fully saturated rings. The highest BCUT2D eigenvalue weighted by molar-refractivity contribution is 6.28. The number of hydrogen-bond donors (Lipinski definition) is 0. The molecule has 3 nitrogen and oxygen atoms in total. The molecule has 17 heavy (non-hydrogen) atoms. The average molecular weight is 256 g/mol. The highest BCUT2D eigenvalue weighted by Gasteiger charge is 2.35. The molecule has 0 aromatic carbocycles. The maximum absolute atomic E-state index is 6.21. The minimum Gasteiger partial charge on any atom is -0.298 e. The number of aromatic nitrogens is 3. The van der Waals surface area contributed by atoms with Gasteiger partial charge >= 0.3 is 0 Å². The van der Waals surface area contributed by atoms with Crippen LogP contribution in [0.15, 0.2) is 0 Å².